The summed E-state index contributed by atoms with van der Waals surface area (Å²) in [7, 11) is -3.69. The number of carbonyl (C=O) groups excluding carboxylic acids is 1. The molecule has 0 aliphatic carbocycles. The molecule has 8 heteroatoms. The number of carbonyl (C=O) groups is 1. The molecule has 1 aliphatic heterocycles. The fourth-order valence-corrected chi connectivity index (χ4v) is 3.36. The molecule has 6 nitrogen and oxygen atoms in total. The van der Waals surface area contributed by atoms with Crippen LogP contribution in [0.5, 0.6) is 5.75 Å². The molecule has 2 aromatic rings. The molecule has 0 spiro atoms. The fourth-order valence-electron chi connectivity index (χ4n) is 2.65. The molecule has 1 atom stereocenters. The average Bonchev–Trinajstić information content (AvgIpc) is 2.97. The van der Waals surface area contributed by atoms with Crippen LogP contribution in [0.25, 0.3) is 0 Å². The number of nitrogens with two attached hydrogens (primary N) is 1. The normalized spacial score (nSPS) is 16.2. The Morgan fingerprint density at radius 2 is 1.96 bits per heavy atom. The maximum absolute atomic E-state index is 12.2. The quantitative estimate of drug-likeness (QED) is 0.823. The van der Waals surface area contributed by atoms with Gasteiger partial charge in [-0.15, -0.1) is 0 Å². The van der Waals surface area contributed by atoms with Crippen LogP contribution >= 0.6 is 11.6 Å². The van der Waals surface area contributed by atoms with Crippen LogP contribution < -0.4 is 15.2 Å². The molecule has 0 aromatic heterocycles. The van der Waals surface area contributed by atoms with Crippen molar-refractivity contribution in [3.05, 3.63) is 58.6 Å². The molecule has 2 aromatic carbocycles. The van der Waals surface area contributed by atoms with Crippen LogP contribution in [0.4, 0.5) is 0 Å². The third-order valence-corrected chi connectivity index (χ3v) is 5.12. The first-order chi connectivity index (χ1) is 11.8. The van der Waals surface area contributed by atoms with Crippen LogP contribution in [0.2, 0.25) is 5.02 Å². The van der Waals surface area contributed by atoms with Gasteiger partial charge in [0.25, 0.3) is 5.91 Å². The predicted octanol–water partition coefficient (Wildman–Crippen LogP) is 1.65. The first kappa shape index (κ1) is 17.7. The molecule has 132 valence electrons. The topological polar surface area (TPSA) is 98.5 Å². The van der Waals surface area contributed by atoms with Gasteiger partial charge in [-0.2, -0.15) is 0 Å². The number of sulfonamides is 1. The maximum atomic E-state index is 12.2. The SMILES string of the molecule is NS(=O)(=O)c1ccc(CCNC(=O)[C@@H]2Cc3cc(Cl)ccc3O2)cc1. The van der Waals surface area contributed by atoms with E-state index in [1.54, 1.807) is 30.3 Å². The standard InChI is InChI=1S/C17H17ClN2O4S/c18-13-3-6-15-12(9-13)10-16(24-15)17(21)20-8-7-11-1-4-14(5-2-11)25(19,22)23/h1-6,9,16H,7-8,10H2,(H,20,21)(H2,19,22,23)/t16-/m0/s1. The number of fused-ring (bicyclic) bond motifs is 1. The highest BCUT2D eigenvalue weighted by Gasteiger charge is 2.28. The zero-order valence-electron chi connectivity index (χ0n) is 13.2. The first-order valence-electron chi connectivity index (χ1n) is 7.67. The van der Waals surface area contributed by atoms with Crippen LogP contribution in [0.15, 0.2) is 47.4 Å². The van der Waals surface area contributed by atoms with Crippen molar-refractivity contribution in [2.45, 2.75) is 23.8 Å². The van der Waals surface area contributed by atoms with E-state index in [0.29, 0.717) is 30.2 Å². The van der Waals surface area contributed by atoms with Gasteiger partial charge in [0.05, 0.1) is 4.90 Å². The summed E-state index contributed by atoms with van der Waals surface area (Å²) in [6, 6.07) is 11.5. The van der Waals surface area contributed by atoms with Crippen molar-refractivity contribution in [3.8, 4) is 5.75 Å². The van der Waals surface area contributed by atoms with Crippen LogP contribution in [-0.4, -0.2) is 27.0 Å². The minimum Gasteiger partial charge on any atom is -0.480 e. The van der Waals surface area contributed by atoms with Crippen molar-refractivity contribution in [1.29, 1.82) is 0 Å². The van der Waals surface area contributed by atoms with Gasteiger partial charge < -0.3 is 10.1 Å². The highest BCUT2D eigenvalue weighted by Crippen LogP contribution is 2.31. The van der Waals surface area contributed by atoms with Crippen LogP contribution in [-0.2, 0) is 27.7 Å². The Balaban J connectivity index is 1.50. The van der Waals surface area contributed by atoms with E-state index in [2.05, 4.69) is 5.32 Å². The van der Waals surface area contributed by atoms with Gasteiger partial charge in [-0.25, -0.2) is 13.6 Å². The van der Waals surface area contributed by atoms with Crippen molar-refractivity contribution in [3.63, 3.8) is 0 Å². The number of nitrogens with one attached hydrogen (secondary N) is 1. The smallest absolute Gasteiger partial charge is 0.261 e. The molecule has 3 N–H and O–H groups in total. The lowest BCUT2D eigenvalue weighted by atomic mass is 10.1. The molecule has 0 saturated carbocycles. The van der Waals surface area contributed by atoms with Crippen molar-refractivity contribution in [1.82, 2.24) is 5.32 Å². The van der Waals surface area contributed by atoms with E-state index < -0.39 is 16.1 Å². The number of halogens is 1. The molecule has 1 heterocycles. The summed E-state index contributed by atoms with van der Waals surface area (Å²) in [6.45, 7) is 0.421. The largest absolute Gasteiger partial charge is 0.480 e. The summed E-state index contributed by atoms with van der Waals surface area (Å²) < 4.78 is 28.0. The van der Waals surface area contributed by atoms with Gasteiger partial charge >= 0.3 is 0 Å². The number of hydrogen-bond donors (Lipinski definition) is 2. The fraction of sp³-hybridized carbons (Fsp3) is 0.235. The van der Waals surface area contributed by atoms with E-state index >= 15 is 0 Å². The van der Waals surface area contributed by atoms with Gasteiger partial charge in [0, 0.05) is 18.0 Å². The molecule has 25 heavy (non-hydrogen) atoms. The number of ether oxygens (including phenoxy) is 1. The number of primary sulfonamides is 1. The molecule has 3 rings (SSSR count). The van der Waals surface area contributed by atoms with Gasteiger partial charge in [0.1, 0.15) is 5.75 Å². The van der Waals surface area contributed by atoms with Crippen LogP contribution in [0.3, 0.4) is 0 Å². The number of rotatable bonds is 5. The van der Waals surface area contributed by atoms with Gasteiger partial charge in [-0.3, -0.25) is 4.79 Å². The Kier molecular flexibility index (Phi) is 4.99. The first-order valence-corrected chi connectivity index (χ1v) is 9.60. The highest BCUT2D eigenvalue weighted by molar-refractivity contribution is 7.89. The second kappa shape index (κ2) is 7.03. The Bertz CT molecular complexity index is 897. The van der Waals surface area contributed by atoms with Gasteiger partial charge in [0.15, 0.2) is 6.10 Å². The molecule has 0 radical (unpaired) electrons. The second-order valence-corrected chi connectivity index (χ2v) is 7.79. The molecule has 1 aliphatic rings. The van der Waals surface area contributed by atoms with Gasteiger partial charge in [-0.05, 0) is 47.9 Å². The van der Waals surface area contributed by atoms with Crippen LogP contribution in [0, 0.1) is 0 Å². The second-order valence-electron chi connectivity index (χ2n) is 5.79. The molecule has 0 fully saturated rings. The minimum atomic E-state index is -3.69. The summed E-state index contributed by atoms with van der Waals surface area (Å²) in [5, 5.41) is 8.50. The highest BCUT2D eigenvalue weighted by atomic mass is 35.5. The average molecular weight is 381 g/mol. The summed E-state index contributed by atoms with van der Waals surface area (Å²) in [5.74, 6) is 0.497. The maximum Gasteiger partial charge on any atom is 0.261 e. The molecule has 1 amide bonds. The van der Waals surface area contributed by atoms with Crippen molar-refractivity contribution in [2.75, 3.05) is 6.54 Å². The zero-order chi connectivity index (χ0) is 18.0. The van der Waals surface area contributed by atoms with E-state index in [4.69, 9.17) is 21.5 Å². The number of amides is 1. The van der Waals surface area contributed by atoms with Crippen LogP contribution in [0.1, 0.15) is 11.1 Å². The van der Waals surface area contributed by atoms with E-state index in [1.165, 1.54) is 12.1 Å². The monoisotopic (exact) mass is 380 g/mol. The van der Waals surface area contributed by atoms with E-state index in [0.717, 1.165) is 11.1 Å². The Morgan fingerprint density at radius 1 is 1.24 bits per heavy atom. The minimum absolute atomic E-state index is 0.0658. The van der Waals surface area contributed by atoms with Gasteiger partial charge in [-0.1, -0.05) is 23.7 Å². The molecular formula is C17H17ClN2O4S. The summed E-state index contributed by atoms with van der Waals surface area (Å²) in [6.07, 6.45) is 0.505. The lowest BCUT2D eigenvalue weighted by molar-refractivity contribution is -0.127. The van der Waals surface area contributed by atoms with E-state index in [-0.39, 0.29) is 10.8 Å². The summed E-state index contributed by atoms with van der Waals surface area (Å²) in [5.41, 5.74) is 1.82. The summed E-state index contributed by atoms with van der Waals surface area (Å²) >= 11 is 5.94. The third kappa shape index (κ3) is 4.31. The lowest BCUT2D eigenvalue weighted by Gasteiger charge is -2.11. The van der Waals surface area contributed by atoms with E-state index in [1.807, 2.05) is 0 Å². The molecule has 0 saturated heterocycles. The molecular weight excluding hydrogens is 364 g/mol. The summed E-state index contributed by atoms with van der Waals surface area (Å²) in [4.78, 5) is 12.3. The Labute approximate surface area is 151 Å². The number of benzene rings is 2. The zero-order valence-corrected chi connectivity index (χ0v) is 14.8. The lowest BCUT2D eigenvalue weighted by Crippen LogP contribution is -2.38. The Morgan fingerprint density at radius 3 is 2.64 bits per heavy atom. The Hall–Kier alpha value is -2.09. The van der Waals surface area contributed by atoms with Crippen molar-refractivity contribution >= 4 is 27.5 Å². The predicted molar refractivity (Wildman–Crippen MR) is 94.1 cm³/mol. The van der Waals surface area contributed by atoms with Crippen molar-refractivity contribution < 1.29 is 17.9 Å². The molecule has 0 bridgehead atoms. The molecule has 0 unspecified atom stereocenters. The van der Waals surface area contributed by atoms with Gasteiger partial charge in [0.2, 0.25) is 10.0 Å². The number of hydrogen-bond acceptors (Lipinski definition) is 4. The van der Waals surface area contributed by atoms with E-state index in [9.17, 15) is 13.2 Å². The van der Waals surface area contributed by atoms with Crippen molar-refractivity contribution in [2.24, 2.45) is 5.14 Å². The third-order valence-electron chi connectivity index (χ3n) is 3.95.